The maximum Gasteiger partial charge on any atom is 0.433 e. The van der Waals surface area contributed by atoms with E-state index in [0.717, 1.165) is 11.8 Å². The molecule has 1 aromatic carbocycles. The number of ether oxygens (including phenoxy) is 1. The van der Waals surface area contributed by atoms with Crippen molar-refractivity contribution >= 4 is 6.09 Å². The lowest BCUT2D eigenvalue weighted by Gasteiger charge is -2.19. The quantitative estimate of drug-likeness (QED) is 0.629. The Balaban J connectivity index is 1.84. The summed E-state index contributed by atoms with van der Waals surface area (Å²) in [7, 11) is 0. The number of carbonyl (C=O) groups excluding carboxylic acids is 1. The summed E-state index contributed by atoms with van der Waals surface area (Å²) in [5, 5.41) is 26.7. The van der Waals surface area contributed by atoms with Crippen LogP contribution in [-0.2, 0) is 17.5 Å². The zero-order valence-corrected chi connectivity index (χ0v) is 12.8. The molecule has 136 valence electrons. The van der Waals surface area contributed by atoms with Crippen LogP contribution in [0.15, 0.2) is 36.5 Å². The first-order chi connectivity index (χ1) is 11.8. The molecule has 0 saturated carbocycles. The molecule has 0 spiro atoms. The first kappa shape index (κ1) is 18.7. The molecule has 2 atom stereocenters. The van der Waals surface area contributed by atoms with E-state index in [-0.39, 0.29) is 6.61 Å². The first-order valence-electron chi connectivity index (χ1n) is 7.20. The van der Waals surface area contributed by atoms with E-state index in [1.54, 1.807) is 35.4 Å². The van der Waals surface area contributed by atoms with E-state index in [4.69, 9.17) is 4.74 Å². The van der Waals surface area contributed by atoms with E-state index >= 15 is 0 Å². The SMILES string of the molecule is O=C(NCC(O)C(O)c1cn[nH]c1C(F)(F)F)OCc1ccccc1. The second kappa shape index (κ2) is 7.99. The predicted molar refractivity (Wildman–Crippen MR) is 79.2 cm³/mol. The fraction of sp³-hybridized carbons (Fsp3) is 0.333. The summed E-state index contributed by atoms with van der Waals surface area (Å²) in [6.07, 6.45) is -8.43. The van der Waals surface area contributed by atoms with Gasteiger partial charge in [0.25, 0.3) is 0 Å². The Labute approximate surface area is 140 Å². The molecule has 10 heteroatoms. The number of hydrogen-bond donors (Lipinski definition) is 4. The van der Waals surface area contributed by atoms with E-state index in [1.807, 2.05) is 0 Å². The van der Waals surface area contributed by atoms with Gasteiger partial charge in [-0.2, -0.15) is 18.3 Å². The van der Waals surface area contributed by atoms with Gasteiger partial charge >= 0.3 is 12.3 Å². The number of aromatic nitrogens is 2. The van der Waals surface area contributed by atoms with Crippen LogP contribution < -0.4 is 5.32 Å². The molecular weight excluding hydrogens is 343 g/mol. The number of benzene rings is 1. The number of amides is 1. The largest absolute Gasteiger partial charge is 0.445 e. The van der Waals surface area contributed by atoms with Crippen molar-refractivity contribution in [2.75, 3.05) is 6.54 Å². The van der Waals surface area contributed by atoms with Gasteiger partial charge in [-0.05, 0) is 5.56 Å². The number of aliphatic hydroxyl groups excluding tert-OH is 2. The maximum atomic E-state index is 12.7. The second-order valence-corrected chi connectivity index (χ2v) is 5.15. The van der Waals surface area contributed by atoms with Gasteiger partial charge in [0, 0.05) is 12.1 Å². The number of H-pyrrole nitrogens is 1. The highest BCUT2D eigenvalue weighted by Crippen LogP contribution is 2.33. The zero-order valence-electron chi connectivity index (χ0n) is 12.8. The number of alkyl carbamates (subject to hydrolysis) is 1. The van der Waals surface area contributed by atoms with Gasteiger partial charge in [-0.15, -0.1) is 0 Å². The van der Waals surface area contributed by atoms with E-state index in [9.17, 15) is 28.2 Å². The highest BCUT2D eigenvalue weighted by molar-refractivity contribution is 5.67. The van der Waals surface area contributed by atoms with Crippen molar-refractivity contribution in [1.29, 1.82) is 0 Å². The summed E-state index contributed by atoms with van der Waals surface area (Å²) in [5.74, 6) is 0. The number of hydrogen-bond acceptors (Lipinski definition) is 5. The Bertz CT molecular complexity index is 691. The van der Waals surface area contributed by atoms with Gasteiger partial charge in [0.2, 0.25) is 0 Å². The molecule has 0 fully saturated rings. The zero-order chi connectivity index (χ0) is 18.4. The van der Waals surface area contributed by atoms with Crippen LogP contribution in [0.4, 0.5) is 18.0 Å². The Kier molecular flexibility index (Phi) is 5.99. The average Bonchev–Trinajstić information content (AvgIpc) is 3.08. The van der Waals surface area contributed by atoms with E-state index in [0.29, 0.717) is 0 Å². The molecule has 1 amide bonds. The number of aromatic amines is 1. The van der Waals surface area contributed by atoms with Gasteiger partial charge in [0.05, 0.1) is 6.20 Å². The minimum Gasteiger partial charge on any atom is -0.445 e. The van der Waals surface area contributed by atoms with Crippen molar-refractivity contribution in [3.05, 3.63) is 53.3 Å². The molecule has 1 aromatic heterocycles. The lowest BCUT2D eigenvalue weighted by molar-refractivity contribution is -0.143. The lowest BCUT2D eigenvalue weighted by atomic mass is 10.0. The van der Waals surface area contributed by atoms with Crippen molar-refractivity contribution in [3.63, 3.8) is 0 Å². The molecule has 0 radical (unpaired) electrons. The second-order valence-electron chi connectivity index (χ2n) is 5.15. The molecule has 0 aliphatic carbocycles. The minimum absolute atomic E-state index is 0.00866. The van der Waals surface area contributed by atoms with Crippen LogP contribution in [0.2, 0.25) is 0 Å². The fourth-order valence-electron chi connectivity index (χ4n) is 2.03. The molecular formula is C15H16F3N3O4. The Hall–Kier alpha value is -2.59. The van der Waals surface area contributed by atoms with Gasteiger partial charge < -0.3 is 20.3 Å². The summed E-state index contributed by atoms with van der Waals surface area (Å²) >= 11 is 0. The summed E-state index contributed by atoms with van der Waals surface area (Å²) in [5.41, 5.74) is -1.13. The number of rotatable bonds is 6. The fourth-order valence-corrected chi connectivity index (χ4v) is 2.03. The monoisotopic (exact) mass is 359 g/mol. The maximum absolute atomic E-state index is 12.7. The number of aliphatic hydroxyl groups is 2. The number of nitrogens with one attached hydrogen (secondary N) is 2. The van der Waals surface area contributed by atoms with Gasteiger partial charge in [0.15, 0.2) is 0 Å². The third-order valence-electron chi connectivity index (χ3n) is 3.30. The van der Waals surface area contributed by atoms with Crippen LogP contribution in [0.3, 0.4) is 0 Å². The molecule has 0 saturated heterocycles. The van der Waals surface area contributed by atoms with Crippen LogP contribution in [0, 0.1) is 0 Å². The normalized spacial score (nSPS) is 14.0. The van der Waals surface area contributed by atoms with Crippen molar-refractivity contribution in [1.82, 2.24) is 15.5 Å². The number of alkyl halides is 3. The summed E-state index contributed by atoms with van der Waals surface area (Å²) in [6.45, 7) is -0.511. The third kappa shape index (κ3) is 5.19. The predicted octanol–water partition coefficient (Wildman–Crippen LogP) is 1.75. The van der Waals surface area contributed by atoms with Crippen molar-refractivity contribution in [2.24, 2.45) is 0 Å². The number of nitrogens with zero attached hydrogens (tertiary/aromatic N) is 1. The minimum atomic E-state index is -4.76. The molecule has 0 bridgehead atoms. The number of carbonyl (C=O) groups is 1. The molecule has 25 heavy (non-hydrogen) atoms. The van der Waals surface area contributed by atoms with E-state index in [1.165, 1.54) is 0 Å². The average molecular weight is 359 g/mol. The molecule has 2 aromatic rings. The van der Waals surface area contributed by atoms with E-state index in [2.05, 4.69) is 10.4 Å². The molecule has 1 heterocycles. The summed E-state index contributed by atoms with van der Waals surface area (Å²) < 4.78 is 43.1. The van der Waals surface area contributed by atoms with Crippen LogP contribution in [0.5, 0.6) is 0 Å². The molecule has 7 nitrogen and oxygen atoms in total. The third-order valence-corrected chi connectivity index (χ3v) is 3.30. The van der Waals surface area contributed by atoms with Crippen molar-refractivity contribution < 1.29 is 32.9 Å². The van der Waals surface area contributed by atoms with Crippen LogP contribution in [-0.4, -0.2) is 39.2 Å². The van der Waals surface area contributed by atoms with E-state index < -0.39 is 42.3 Å². The molecule has 0 aliphatic rings. The highest BCUT2D eigenvalue weighted by Gasteiger charge is 2.38. The molecule has 4 N–H and O–H groups in total. The van der Waals surface area contributed by atoms with Gasteiger partial charge in [-0.1, -0.05) is 30.3 Å². The standard InChI is InChI=1S/C15H16F3N3O4/c16-15(17,18)13-10(6-20-21-13)12(23)11(22)7-19-14(24)25-8-9-4-2-1-3-5-9/h1-6,11-12,22-23H,7-8H2,(H,19,24)(H,20,21). The Morgan fingerprint density at radius 2 is 1.96 bits per heavy atom. The molecule has 2 rings (SSSR count). The summed E-state index contributed by atoms with van der Waals surface area (Å²) in [6, 6.07) is 8.80. The van der Waals surface area contributed by atoms with Gasteiger partial charge in [-0.3, -0.25) is 5.10 Å². The van der Waals surface area contributed by atoms with Gasteiger partial charge in [-0.25, -0.2) is 4.79 Å². The lowest BCUT2D eigenvalue weighted by Crippen LogP contribution is -2.36. The van der Waals surface area contributed by atoms with Crippen molar-refractivity contribution in [3.8, 4) is 0 Å². The highest BCUT2D eigenvalue weighted by atomic mass is 19.4. The first-order valence-corrected chi connectivity index (χ1v) is 7.20. The molecule has 0 aliphatic heterocycles. The van der Waals surface area contributed by atoms with Gasteiger partial charge in [0.1, 0.15) is 24.5 Å². The summed E-state index contributed by atoms with van der Waals surface area (Å²) in [4.78, 5) is 11.5. The topological polar surface area (TPSA) is 107 Å². The Morgan fingerprint density at radius 1 is 1.28 bits per heavy atom. The van der Waals surface area contributed by atoms with Crippen LogP contribution >= 0.6 is 0 Å². The van der Waals surface area contributed by atoms with Crippen LogP contribution in [0.1, 0.15) is 22.9 Å². The Morgan fingerprint density at radius 3 is 2.60 bits per heavy atom. The smallest absolute Gasteiger partial charge is 0.433 e. The van der Waals surface area contributed by atoms with Crippen LogP contribution in [0.25, 0.3) is 0 Å². The molecule has 2 unspecified atom stereocenters. The number of halogens is 3. The van der Waals surface area contributed by atoms with Crippen molar-refractivity contribution in [2.45, 2.75) is 25.0 Å².